The minimum absolute atomic E-state index is 0.115. The average molecular weight is 636 g/mol. The van der Waals surface area contributed by atoms with Crippen molar-refractivity contribution < 1.29 is 0 Å². The SMILES string of the molecule is CC(C)c1cccc2c1-c1ccc(N(c3ccc4sc5ccccc5c4c3)c3cc4ccccc4cc3-c3ccccc3)cc1C2(C)C. The van der Waals surface area contributed by atoms with E-state index in [1.54, 1.807) is 0 Å². The van der Waals surface area contributed by atoms with Crippen molar-refractivity contribution in [1.82, 2.24) is 0 Å². The van der Waals surface area contributed by atoms with Gasteiger partial charge >= 0.3 is 0 Å². The molecular weight excluding hydrogens is 599 g/mol. The fourth-order valence-corrected chi connectivity index (χ4v) is 9.05. The summed E-state index contributed by atoms with van der Waals surface area (Å²) < 4.78 is 2.64. The van der Waals surface area contributed by atoms with Crippen LogP contribution in [-0.4, -0.2) is 0 Å². The summed E-state index contributed by atoms with van der Waals surface area (Å²) in [7, 11) is 0. The molecule has 0 fully saturated rings. The van der Waals surface area contributed by atoms with Gasteiger partial charge in [-0.3, -0.25) is 0 Å². The van der Waals surface area contributed by atoms with Crippen LogP contribution in [0.1, 0.15) is 50.3 Å². The molecule has 1 aliphatic rings. The van der Waals surface area contributed by atoms with Gasteiger partial charge in [0.2, 0.25) is 0 Å². The molecule has 1 heterocycles. The Morgan fingerprint density at radius 3 is 2.04 bits per heavy atom. The molecular formula is C46H37NS. The van der Waals surface area contributed by atoms with Gasteiger partial charge in [0.15, 0.2) is 0 Å². The number of anilines is 3. The first-order chi connectivity index (χ1) is 23.4. The molecule has 2 heteroatoms. The molecule has 0 N–H and O–H groups in total. The molecule has 0 saturated heterocycles. The zero-order valence-electron chi connectivity index (χ0n) is 27.8. The molecule has 1 aromatic heterocycles. The lowest BCUT2D eigenvalue weighted by atomic mass is 9.81. The summed E-state index contributed by atoms with van der Waals surface area (Å²) in [4.78, 5) is 2.50. The number of thiophene rings is 1. The van der Waals surface area contributed by atoms with E-state index in [4.69, 9.17) is 0 Å². The Bertz CT molecular complexity index is 2520. The van der Waals surface area contributed by atoms with Crippen LogP contribution in [0.2, 0.25) is 0 Å². The largest absolute Gasteiger partial charge is 0.310 e. The standard InChI is InChI=1S/C46H37NS/c1-29(2)35-18-12-19-40-45(35)37-23-21-34(28-41(37)46(40,3)4)47(33-22-24-44-39(27-33)36-17-10-11-20-43(36)48-44)42-26-32-16-9-8-15-31(32)25-38(42)30-13-6-5-7-14-30/h5-29H,1-4H3. The highest BCUT2D eigenvalue weighted by Gasteiger charge is 2.37. The minimum Gasteiger partial charge on any atom is -0.310 e. The zero-order chi connectivity index (χ0) is 32.6. The molecule has 0 atom stereocenters. The monoisotopic (exact) mass is 635 g/mol. The van der Waals surface area contributed by atoms with Gasteiger partial charge in [-0.05, 0) is 98.6 Å². The molecule has 0 amide bonds. The Morgan fingerprint density at radius 1 is 0.542 bits per heavy atom. The summed E-state index contributed by atoms with van der Waals surface area (Å²) in [6.45, 7) is 9.41. The molecule has 8 aromatic rings. The summed E-state index contributed by atoms with van der Waals surface area (Å²) >= 11 is 1.87. The topological polar surface area (TPSA) is 3.24 Å². The second kappa shape index (κ2) is 10.9. The predicted molar refractivity (Wildman–Crippen MR) is 209 cm³/mol. The second-order valence-corrected chi connectivity index (χ2v) is 15.1. The van der Waals surface area contributed by atoms with Crippen LogP contribution >= 0.6 is 11.3 Å². The third-order valence-electron chi connectivity index (χ3n) is 10.4. The molecule has 0 radical (unpaired) electrons. The maximum Gasteiger partial charge on any atom is 0.0546 e. The molecule has 0 saturated carbocycles. The maximum atomic E-state index is 2.50. The van der Waals surface area contributed by atoms with E-state index in [0.29, 0.717) is 5.92 Å². The Labute approximate surface area is 286 Å². The average Bonchev–Trinajstić information content (AvgIpc) is 3.60. The Morgan fingerprint density at radius 2 is 1.23 bits per heavy atom. The van der Waals surface area contributed by atoms with E-state index in [9.17, 15) is 0 Å². The molecule has 0 unspecified atom stereocenters. The first-order valence-electron chi connectivity index (χ1n) is 17.0. The molecule has 0 aliphatic heterocycles. The molecule has 0 spiro atoms. The fraction of sp³-hybridized carbons (Fsp3) is 0.130. The third kappa shape index (κ3) is 4.43. The van der Waals surface area contributed by atoms with Crippen molar-refractivity contribution in [2.24, 2.45) is 0 Å². The van der Waals surface area contributed by atoms with Crippen LogP contribution in [0.5, 0.6) is 0 Å². The van der Waals surface area contributed by atoms with Gasteiger partial charge < -0.3 is 4.90 Å². The van der Waals surface area contributed by atoms with E-state index in [1.807, 2.05) is 11.3 Å². The van der Waals surface area contributed by atoms with Gasteiger partial charge in [0, 0.05) is 42.5 Å². The van der Waals surface area contributed by atoms with Crippen molar-refractivity contribution in [3.05, 3.63) is 162 Å². The van der Waals surface area contributed by atoms with Gasteiger partial charge in [0.05, 0.1) is 5.69 Å². The van der Waals surface area contributed by atoms with Crippen LogP contribution in [0.25, 0.3) is 53.2 Å². The van der Waals surface area contributed by atoms with Crippen LogP contribution in [0.4, 0.5) is 17.1 Å². The second-order valence-electron chi connectivity index (χ2n) is 14.0. The van der Waals surface area contributed by atoms with E-state index in [2.05, 4.69) is 178 Å². The van der Waals surface area contributed by atoms with Crippen LogP contribution < -0.4 is 4.90 Å². The number of rotatable bonds is 5. The quantitative estimate of drug-likeness (QED) is 0.182. The van der Waals surface area contributed by atoms with Crippen LogP contribution in [0.3, 0.4) is 0 Å². The summed E-state index contributed by atoms with van der Waals surface area (Å²) in [5, 5.41) is 5.09. The smallest absolute Gasteiger partial charge is 0.0546 e. The molecule has 7 aromatic carbocycles. The highest BCUT2D eigenvalue weighted by Crippen LogP contribution is 2.53. The lowest BCUT2D eigenvalue weighted by molar-refractivity contribution is 0.659. The lowest BCUT2D eigenvalue weighted by Crippen LogP contribution is -2.17. The van der Waals surface area contributed by atoms with Crippen molar-refractivity contribution in [3.63, 3.8) is 0 Å². The van der Waals surface area contributed by atoms with Gasteiger partial charge in [0.1, 0.15) is 0 Å². The highest BCUT2D eigenvalue weighted by atomic mass is 32.1. The van der Waals surface area contributed by atoms with Crippen molar-refractivity contribution >= 4 is 59.3 Å². The number of fused-ring (bicyclic) bond motifs is 7. The maximum absolute atomic E-state index is 2.50. The number of nitrogens with zero attached hydrogens (tertiary/aromatic N) is 1. The molecule has 9 rings (SSSR count). The summed E-state index contributed by atoms with van der Waals surface area (Å²) in [5.74, 6) is 0.455. The first kappa shape index (κ1) is 29.0. The van der Waals surface area contributed by atoms with Gasteiger partial charge in [-0.25, -0.2) is 0 Å². The van der Waals surface area contributed by atoms with Gasteiger partial charge in [-0.2, -0.15) is 0 Å². The van der Waals surface area contributed by atoms with E-state index in [-0.39, 0.29) is 5.41 Å². The Balaban J connectivity index is 1.34. The van der Waals surface area contributed by atoms with Crippen molar-refractivity contribution in [2.75, 3.05) is 4.90 Å². The first-order valence-corrected chi connectivity index (χ1v) is 17.8. The number of hydrogen-bond acceptors (Lipinski definition) is 2. The lowest BCUT2D eigenvalue weighted by Gasteiger charge is -2.30. The minimum atomic E-state index is -0.115. The van der Waals surface area contributed by atoms with Crippen LogP contribution in [-0.2, 0) is 5.41 Å². The Hall–Kier alpha value is -5.18. The molecule has 1 aliphatic carbocycles. The van der Waals surface area contributed by atoms with E-state index in [1.165, 1.54) is 81.3 Å². The third-order valence-corrected chi connectivity index (χ3v) is 11.6. The van der Waals surface area contributed by atoms with Gasteiger partial charge in [-0.15, -0.1) is 11.3 Å². The van der Waals surface area contributed by atoms with Crippen LogP contribution in [0, 0.1) is 0 Å². The van der Waals surface area contributed by atoms with E-state index >= 15 is 0 Å². The van der Waals surface area contributed by atoms with Crippen molar-refractivity contribution in [2.45, 2.75) is 39.0 Å². The Kier molecular flexibility index (Phi) is 6.61. The molecule has 48 heavy (non-hydrogen) atoms. The zero-order valence-corrected chi connectivity index (χ0v) is 28.6. The summed E-state index contributed by atoms with van der Waals surface area (Å²) in [6.07, 6.45) is 0. The van der Waals surface area contributed by atoms with Crippen molar-refractivity contribution in [3.8, 4) is 22.3 Å². The van der Waals surface area contributed by atoms with Crippen molar-refractivity contribution in [1.29, 1.82) is 0 Å². The highest BCUT2D eigenvalue weighted by molar-refractivity contribution is 7.25. The predicted octanol–water partition coefficient (Wildman–Crippen LogP) is 13.8. The van der Waals surface area contributed by atoms with Gasteiger partial charge in [0.25, 0.3) is 0 Å². The fourth-order valence-electron chi connectivity index (χ4n) is 7.97. The van der Waals surface area contributed by atoms with E-state index in [0.717, 1.165) is 5.69 Å². The molecule has 1 nitrogen and oxygen atoms in total. The van der Waals surface area contributed by atoms with Gasteiger partial charge in [-0.1, -0.05) is 125 Å². The molecule has 232 valence electrons. The van der Waals surface area contributed by atoms with E-state index < -0.39 is 0 Å². The summed E-state index contributed by atoms with van der Waals surface area (Å²) in [5.41, 5.74) is 12.9. The number of benzene rings is 7. The number of hydrogen-bond donors (Lipinski definition) is 0. The summed E-state index contributed by atoms with van der Waals surface area (Å²) in [6, 6.07) is 54.3. The normalized spacial score (nSPS) is 13.4. The van der Waals surface area contributed by atoms with Crippen LogP contribution in [0.15, 0.2) is 146 Å². The molecule has 0 bridgehead atoms.